The summed E-state index contributed by atoms with van der Waals surface area (Å²) in [6.45, 7) is 0.901. The van der Waals surface area contributed by atoms with Crippen LogP contribution in [0.4, 0.5) is 14.9 Å². The molecule has 1 fully saturated rings. The number of urea groups is 1. The highest BCUT2D eigenvalue weighted by molar-refractivity contribution is 7.09. The van der Waals surface area contributed by atoms with Crippen molar-refractivity contribution >= 4 is 29.0 Å². The lowest BCUT2D eigenvalue weighted by atomic mass is 10.1. The molecule has 2 aromatic rings. The fraction of sp³-hybridized carbons (Fsp3) is 0.294. The van der Waals surface area contributed by atoms with Crippen LogP contribution in [0.5, 0.6) is 0 Å². The zero-order chi connectivity index (χ0) is 17.8. The number of aliphatic carboxylic acids is 1. The number of anilines is 1. The molecule has 2 atom stereocenters. The Bertz CT molecular complexity index is 753. The maximum atomic E-state index is 13.3. The van der Waals surface area contributed by atoms with Crippen LogP contribution < -0.4 is 15.7 Å². The van der Waals surface area contributed by atoms with Crippen molar-refractivity contribution in [1.82, 2.24) is 4.90 Å². The van der Waals surface area contributed by atoms with E-state index < -0.39 is 29.9 Å². The number of halogens is 1. The summed E-state index contributed by atoms with van der Waals surface area (Å²) >= 11 is 1.49. The second kappa shape index (κ2) is 7.62. The van der Waals surface area contributed by atoms with Crippen LogP contribution in [0, 0.1) is 5.82 Å². The summed E-state index contributed by atoms with van der Waals surface area (Å²) in [6.07, 6.45) is 0.556. The number of hydrogen-bond donors (Lipinski definition) is 2. The van der Waals surface area contributed by atoms with E-state index in [0.717, 1.165) is 4.88 Å². The van der Waals surface area contributed by atoms with Gasteiger partial charge in [-0.25, -0.2) is 9.18 Å². The number of nitrogens with two attached hydrogens (primary N) is 1. The molecule has 1 aliphatic heterocycles. The van der Waals surface area contributed by atoms with Gasteiger partial charge in [0.1, 0.15) is 17.8 Å². The maximum Gasteiger partial charge on any atom is 0.322 e. The van der Waals surface area contributed by atoms with E-state index in [-0.39, 0.29) is 0 Å². The van der Waals surface area contributed by atoms with Gasteiger partial charge in [0.25, 0.3) is 0 Å². The fourth-order valence-corrected chi connectivity index (χ4v) is 3.76. The van der Waals surface area contributed by atoms with E-state index in [1.54, 1.807) is 11.4 Å². The Morgan fingerprint density at radius 1 is 1.36 bits per heavy atom. The highest BCUT2D eigenvalue weighted by Gasteiger charge is 2.39. The number of carboxylic acids is 1. The summed E-state index contributed by atoms with van der Waals surface area (Å²) in [5, 5.41) is 17.6. The molecule has 25 heavy (non-hydrogen) atoms. The van der Waals surface area contributed by atoms with E-state index in [1.807, 2.05) is 17.5 Å². The molecule has 0 saturated carbocycles. The van der Waals surface area contributed by atoms with Gasteiger partial charge >= 0.3 is 6.03 Å². The van der Waals surface area contributed by atoms with Crippen LogP contribution in [0.3, 0.4) is 0 Å². The molecule has 3 N–H and O–H groups in total. The van der Waals surface area contributed by atoms with E-state index in [1.165, 1.54) is 34.4 Å². The lowest BCUT2D eigenvalue weighted by Crippen LogP contribution is -2.91. The second-order valence-electron chi connectivity index (χ2n) is 5.87. The summed E-state index contributed by atoms with van der Waals surface area (Å²) < 4.78 is 13.3. The monoisotopic (exact) mass is 363 g/mol. The molecule has 1 saturated heterocycles. The minimum atomic E-state index is -1.18. The van der Waals surface area contributed by atoms with E-state index in [0.29, 0.717) is 25.2 Å². The summed E-state index contributed by atoms with van der Waals surface area (Å²) in [7, 11) is 0. The van der Waals surface area contributed by atoms with Gasteiger partial charge in [0, 0.05) is 17.0 Å². The Hall–Kier alpha value is -2.45. The van der Waals surface area contributed by atoms with E-state index in [2.05, 4.69) is 5.32 Å². The summed E-state index contributed by atoms with van der Waals surface area (Å²) in [5.74, 6) is -1.64. The van der Waals surface area contributed by atoms with E-state index in [9.17, 15) is 19.1 Å². The summed E-state index contributed by atoms with van der Waals surface area (Å²) in [5.41, 5.74) is 0.327. The molecular formula is C17H18FN3O3S. The average Bonchev–Trinajstić information content (AvgIpc) is 3.24. The minimum absolute atomic E-state index is 0.293. The van der Waals surface area contributed by atoms with Crippen LogP contribution in [-0.4, -0.2) is 35.5 Å². The largest absolute Gasteiger partial charge is 0.544 e. The summed E-state index contributed by atoms with van der Waals surface area (Å²) in [4.78, 5) is 26.6. The lowest BCUT2D eigenvalue weighted by molar-refractivity contribution is -0.666. The molecule has 0 spiro atoms. The quantitative estimate of drug-likeness (QED) is 0.805. The zero-order valence-corrected chi connectivity index (χ0v) is 14.2. The van der Waals surface area contributed by atoms with Crippen molar-refractivity contribution in [2.45, 2.75) is 25.0 Å². The Morgan fingerprint density at radius 3 is 2.88 bits per heavy atom. The molecule has 132 valence electrons. The Kier molecular flexibility index (Phi) is 5.30. The maximum absolute atomic E-state index is 13.3. The van der Waals surface area contributed by atoms with Crippen LogP contribution in [0.1, 0.15) is 11.3 Å². The smallest absolute Gasteiger partial charge is 0.322 e. The molecule has 6 nitrogen and oxygen atoms in total. The van der Waals surface area contributed by atoms with Crippen LogP contribution >= 0.6 is 11.3 Å². The van der Waals surface area contributed by atoms with Crippen molar-refractivity contribution in [3.8, 4) is 0 Å². The van der Waals surface area contributed by atoms with Crippen molar-refractivity contribution < 1.29 is 24.4 Å². The van der Waals surface area contributed by atoms with Crippen molar-refractivity contribution in [2.24, 2.45) is 0 Å². The number of carbonyl (C=O) groups excluding carboxylic acids is 2. The van der Waals surface area contributed by atoms with Gasteiger partial charge in [-0.15, -0.1) is 11.3 Å². The Labute approximate surface area is 148 Å². The zero-order valence-electron chi connectivity index (χ0n) is 13.4. The van der Waals surface area contributed by atoms with Gasteiger partial charge in [-0.05, 0) is 29.6 Å². The van der Waals surface area contributed by atoms with Gasteiger partial charge in [-0.3, -0.25) is 0 Å². The van der Waals surface area contributed by atoms with Gasteiger partial charge in [-0.1, -0.05) is 12.1 Å². The molecule has 0 bridgehead atoms. The molecular weight excluding hydrogens is 345 g/mol. The van der Waals surface area contributed by atoms with Gasteiger partial charge in [-0.2, -0.15) is 0 Å². The third-order valence-corrected chi connectivity index (χ3v) is 5.07. The average molecular weight is 363 g/mol. The molecule has 0 aliphatic carbocycles. The molecule has 1 aliphatic rings. The third kappa shape index (κ3) is 4.15. The fourth-order valence-electron chi connectivity index (χ4n) is 3.06. The Balaban J connectivity index is 1.82. The number of carboxylic acid groups (broad SMARTS) is 1. The van der Waals surface area contributed by atoms with E-state index in [4.69, 9.17) is 0 Å². The van der Waals surface area contributed by atoms with Crippen LogP contribution in [-0.2, 0) is 11.3 Å². The number of benzene rings is 1. The van der Waals surface area contributed by atoms with Crippen molar-refractivity contribution in [1.29, 1.82) is 0 Å². The number of nitrogens with zero attached hydrogens (tertiary/aromatic N) is 1. The van der Waals surface area contributed by atoms with Crippen molar-refractivity contribution in [2.75, 3.05) is 11.9 Å². The van der Waals surface area contributed by atoms with Gasteiger partial charge in [0.05, 0.1) is 19.1 Å². The number of carbonyl (C=O) groups is 2. The molecule has 0 radical (unpaired) electrons. The van der Waals surface area contributed by atoms with Gasteiger partial charge in [0.15, 0.2) is 0 Å². The first kappa shape index (κ1) is 17.4. The molecule has 3 rings (SSSR count). The normalized spacial score (nSPS) is 19.6. The first-order chi connectivity index (χ1) is 12.0. The Morgan fingerprint density at radius 2 is 2.20 bits per heavy atom. The molecule has 0 unspecified atom stereocenters. The predicted molar refractivity (Wildman–Crippen MR) is 89.3 cm³/mol. The second-order valence-corrected chi connectivity index (χ2v) is 6.91. The number of quaternary nitrogens is 1. The minimum Gasteiger partial charge on any atom is -0.544 e. The van der Waals surface area contributed by atoms with Crippen LogP contribution in [0.25, 0.3) is 0 Å². The number of amides is 2. The highest BCUT2D eigenvalue weighted by atomic mass is 32.1. The van der Waals surface area contributed by atoms with E-state index >= 15 is 0 Å². The van der Waals surface area contributed by atoms with Crippen LogP contribution in [0.15, 0.2) is 41.8 Å². The topological polar surface area (TPSA) is 89.1 Å². The predicted octanol–water partition coefficient (Wildman–Crippen LogP) is 0.376. The molecule has 8 heteroatoms. The highest BCUT2D eigenvalue weighted by Crippen LogP contribution is 2.20. The standard InChI is InChI=1S/C17H18FN3O3S/c18-11-3-1-4-12(9-11)20-17(24)21(10-13-5-2-8-25-13)14-6-7-19-15(14)16(22)23/h1-5,8-9,14-15,19H,6-7,10H2,(H,20,24)(H,22,23)/t14-,15+/m1/s1. The first-order valence-electron chi connectivity index (χ1n) is 7.94. The number of thiophene rings is 1. The first-order valence-corrected chi connectivity index (χ1v) is 8.82. The van der Waals surface area contributed by atoms with Gasteiger partial charge < -0.3 is 25.4 Å². The number of rotatable bonds is 5. The molecule has 1 aromatic heterocycles. The summed E-state index contributed by atoms with van der Waals surface area (Å²) in [6, 6.07) is 7.61. The van der Waals surface area contributed by atoms with Crippen LogP contribution in [0.2, 0.25) is 0 Å². The molecule has 2 amide bonds. The lowest BCUT2D eigenvalue weighted by Gasteiger charge is -2.31. The van der Waals surface area contributed by atoms with Gasteiger partial charge in [0.2, 0.25) is 0 Å². The molecule has 2 heterocycles. The molecule has 1 aromatic carbocycles. The van der Waals surface area contributed by atoms with Crippen molar-refractivity contribution in [3.05, 3.63) is 52.5 Å². The SMILES string of the molecule is O=C([O-])[C@H]1[NH2+]CC[C@H]1N(Cc1cccs1)C(=O)Nc1cccc(F)c1. The van der Waals surface area contributed by atoms with Crippen molar-refractivity contribution in [3.63, 3.8) is 0 Å². The third-order valence-electron chi connectivity index (χ3n) is 4.21. The number of nitrogens with one attached hydrogen (secondary N) is 1. The number of hydrogen-bond acceptors (Lipinski definition) is 4.